The summed E-state index contributed by atoms with van der Waals surface area (Å²) < 4.78 is 64.7. The monoisotopic (exact) mass is 525 g/mol. The van der Waals surface area contributed by atoms with Gasteiger partial charge in [-0.25, -0.2) is 13.4 Å². The van der Waals surface area contributed by atoms with Crippen molar-refractivity contribution >= 4 is 26.6 Å². The van der Waals surface area contributed by atoms with Crippen LogP contribution < -0.4 is 5.32 Å². The second-order valence-corrected chi connectivity index (χ2v) is 11.3. The Hall–Kier alpha value is -3.91. The van der Waals surface area contributed by atoms with Crippen LogP contribution in [0.25, 0.3) is 22.0 Å². The maximum absolute atomic E-state index is 13.3. The van der Waals surface area contributed by atoms with Crippen LogP contribution in [0.15, 0.2) is 65.7 Å². The average Bonchev–Trinajstić information content (AvgIpc) is 3.31. The Kier molecular flexibility index (Phi) is 6.37. The van der Waals surface area contributed by atoms with Crippen LogP contribution in [-0.2, 0) is 16.0 Å². The van der Waals surface area contributed by atoms with Gasteiger partial charge in [-0.1, -0.05) is 18.2 Å². The molecule has 0 aliphatic heterocycles. The highest BCUT2D eigenvalue weighted by atomic mass is 32.2. The van der Waals surface area contributed by atoms with Crippen LogP contribution >= 0.6 is 0 Å². The molecule has 1 saturated carbocycles. The molecule has 2 N–H and O–H groups in total. The summed E-state index contributed by atoms with van der Waals surface area (Å²) in [6, 6.07) is 16.5. The van der Waals surface area contributed by atoms with E-state index in [-0.39, 0.29) is 10.9 Å². The molecular formula is C26H22F3N5O2S. The van der Waals surface area contributed by atoms with Crippen molar-refractivity contribution in [2.24, 2.45) is 0 Å². The van der Waals surface area contributed by atoms with Crippen molar-refractivity contribution < 1.29 is 21.6 Å². The molecule has 4 aromatic rings. The fourth-order valence-corrected chi connectivity index (χ4v) is 6.47. The van der Waals surface area contributed by atoms with Crippen molar-refractivity contribution in [1.82, 2.24) is 15.2 Å². The van der Waals surface area contributed by atoms with Crippen LogP contribution in [0.3, 0.4) is 0 Å². The normalized spacial score (nSPS) is 18.4. The van der Waals surface area contributed by atoms with Gasteiger partial charge in [-0.05, 0) is 73.2 Å². The number of pyridine rings is 1. The molecule has 0 unspecified atom stereocenters. The number of nitrogens with one attached hydrogen (secondary N) is 2. The minimum Gasteiger partial charge on any atom is -0.367 e. The van der Waals surface area contributed by atoms with Gasteiger partial charge >= 0.3 is 6.18 Å². The number of alkyl halides is 3. The van der Waals surface area contributed by atoms with Crippen molar-refractivity contribution in [2.75, 3.05) is 5.32 Å². The Morgan fingerprint density at radius 3 is 2.30 bits per heavy atom. The quantitative estimate of drug-likeness (QED) is 0.345. The summed E-state index contributed by atoms with van der Waals surface area (Å²) in [7, 11) is -3.54. The van der Waals surface area contributed by atoms with Gasteiger partial charge in [-0.15, -0.1) is 0 Å². The molecule has 0 spiro atoms. The standard InChI is InChI=1S/C26H22F3N5O2S/c27-26(28,29)18-4-12-25(31-15-18)32-19-5-9-21(10-6-19)37(35,36)20-7-1-16(2-8-20)17-3-11-23-22(13-17)24(14-30)34-33-23/h1-4,7-8,11-13,15,19,21H,5-6,9-10H2,(H,31,32)(H,33,34). The molecule has 0 saturated heterocycles. The molecule has 2 aromatic carbocycles. The third kappa shape index (κ3) is 5.02. The van der Waals surface area contributed by atoms with Gasteiger partial charge in [-0.3, -0.25) is 5.10 Å². The smallest absolute Gasteiger partial charge is 0.367 e. The van der Waals surface area contributed by atoms with E-state index in [2.05, 4.69) is 20.5 Å². The van der Waals surface area contributed by atoms with Gasteiger partial charge in [0.15, 0.2) is 15.5 Å². The molecule has 37 heavy (non-hydrogen) atoms. The highest BCUT2D eigenvalue weighted by Crippen LogP contribution is 2.33. The molecule has 0 radical (unpaired) electrons. The molecule has 0 bridgehead atoms. The van der Waals surface area contributed by atoms with Crippen molar-refractivity contribution in [3.05, 3.63) is 72.1 Å². The SMILES string of the molecule is N#Cc1n[nH]c2ccc(-c3ccc(S(=O)(=O)C4CCC(Nc5ccc(C(F)(F)F)cn5)CC4)cc3)cc12. The van der Waals surface area contributed by atoms with Gasteiger partial charge in [0, 0.05) is 17.6 Å². The summed E-state index contributed by atoms with van der Waals surface area (Å²) in [5, 5.41) is 19.3. The van der Waals surface area contributed by atoms with Crippen molar-refractivity contribution in [3.63, 3.8) is 0 Å². The second kappa shape index (κ2) is 9.52. The van der Waals surface area contributed by atoms with Crippen LogP contribution in [-0.4, -0.2) is 34.9 Å². The number of hydrogen-bond acceptors (Lipinski definition) is 6. The molecule has 2 heterocycles. The Balaban J connectivity index is 1.24. The second-order valence-electron chi connectivity index (χ2n) is 9.06. The molecule has 11 heteroatoms. The Labute approximate surface area is 211 Å². The van der Waals surface area contributed by atoms with E-state index in [0.29, 0.717) is 42.6 Å². The van der Waals surface area contributed by atoms with E-state index in [0.717, 1.165) is 28.9 Å². The van der Waals surface area contributed by atoms with Crippen LogP contribution in [0, 0.1) is 11.3 Å². The fraction of sp³-hybridized carbons (Fsp3) is 0.269. The van der Waals surface area contributed by atoms with E-state index in [9.17, 15) is 26.9 Å². The van der Waals surface area contributed by atoms with Gasteiger partial charge in [-0.2, -0.15) is 23.5 Å². The van der Waals surface area contributed by atoms with Crippen LogP contribution in [0.4, 0.5) is 19.0 Å². The van der Waals surface area contributed by atoms with E-state index in [4.69, 9.17) is 0 Å². The maximum Gasteiger partial charge on any atom is 0.417 e. The van der Waals surface area contributed by atoms with E-state index >= 15 is 0 Å². The molecule has 2 aromatic heterocycles. The number of halogens is 3. The number of H-pyrrole nitrogens is 1. The van der Waals surface area contributed by atoms with Crippen LogP contribution in [0.2, 0.25) is 0 Å². The maximum atomic E-state index is 13.3. The van der Waals surface area contributed by atoms with Gasteiger partial charge in [0.05, 0.1) is 21.2 Å². The number of aromatic amines is 1. The average molecular weight is 526 g/mol. The molecule has 5 rings (SSSR count). The zero-order valence-electron chi connectivity index (χ0n) is 19.5. The number of sulfone groups is 1. The van der Waals surface area contributed by atoms with Gasteiger partial charge in [0.2, 0.25) is 0 Å². The van der Waals surface area contributed by atoms with E-state index in [1.807, 2.05) is 24.3 Å². The van der Waals surface area contributed by atoms with Gasteiger partial charge in [0.25, 0.3) is 0 Å². The summed E-state index contributed by atoms with van der Waals surface area (Å²) >= 11 is 0. The van der Waals surface area contributed by atoms with E-state index < -0.39 is 26.8 Å². The molecule has 1 aliphatic rings. The predicted molar refractivity (Wildman–Crippen MR) is 132 cm³/mol. The molecule has 7 nitrogen and oxygen atoms in total. The molecule has 1 aliphatic carbocycles. The topological polar surface area (TPSA) is 112 Å². The van der Waals surface area contributed by atoms with Gasteiger partial charge in [0.1, 0.15) is 11.9 Å². The minimum atomic E-state index is -4.44. The lowest BCUT2D eigenvalue weighted by Gasteiger charge is -2.29. The number of benzene rings is 2. The number of nitriles is 1. The number of fused-ring (bicyclic) bond motifs is 1. The number of hydrogen-bond donors (Lipinski definition) is 2. The van der Waals surface area contributed by atoms with Crippen LogP contribution in [0.1, 0.15) is 36.9 Å². The van der Waals surface area contributed by atoms with Crippen molar-refractivity contribution in [1.29, 1.82) is 5.26 Å². The third-order valence-corrected chi connectivity index (χ3v) is 9.02. The van der Waals surface area contributed by atoms with E-state index in [1.54, 1.807) is 24.3 Å². The first-order chi connectivity index (χ1) is 17.6. The zero-order valence-corrected chi connectivity index (χ0v) is 20.3. The lowest BCUT2D eigenvalue weighted by Crippen LogP contribution is -2.33. The number of nitrogens with zero attached hydrogens (tertiary/aromatic N) is 3. The first-order valence-corrected chi connectivity index (χ1v) is 13.2. The summed E-state index contributed by atoms with van der Waals surface area (Å²) in [5.41, 5.74) is 1.91. The first-order valence-electron chi connectivity index (χ1n) is 11.7. The number of aromatic nitrogens is 3. The first kappa shape index (κ1) is 24.8. The third-order valence-electron chi connectivity index (χ3n) is 6.74. The lowest BCUT2D eigenvalue weighted by atomic mass is 9.95. The summed E-state index contributed by atoms with van der Waals surface area (Å²) in [4.78, 5) is 4.09. The number of anilines is 1. The highest BCUT2D eigenvalue weighted by Gasteiger charge is 2.33. The predicted octanol–water partition coefficient (Wildman–Crippen LogP) is 5.71. The summed E-state index contributed by atoms with van der Waals surface area (Å²) in [6.07, 6.45) is -1.64. The Bertz CT molecular complexity index is 1570. The molecular weight excluding hydrogens is 503 g/mol. The summed E-state index contributed by atoms with van der Waals surface area (Å²) in [5.74, 6) is 0.338. The van der Waals surface area contributed by atoms with Crippen LogP contribution in [0.5, 0.6) is 0 Å². The fourth-order valence-electron chi connectivity index (χ4n) is 4.68. The zero-order chi connectivity index (χ0) is 26.2. The largest absolute Gasteiger partial charge is 0.417 e. The minimum absolute atomic E-state index is 0.0609. The number of rotatable bonds is 5. The Morgan fingerprint density at radius 2 is 1.68 bits per heavy atom. The summed E-state index contributed by atoms with van der Waals surface area (Å²) in [6.45, 7) is 0. The lowest BCUT2D eigenvalue weighted by molar-refractivity contribution is -0.137. The molecule has 190 valence electrons. The molecule has 0 atom stereocenters. The van der Waals surface area contributed by atoms with Crippen molar-refractivity contribution in [3.8, 4) is 17.2 Å². The highest BCUT2D eigenvalue weighted by molar-refractivity contribution is 7.92. The Morgan fingerprint density at radius 1 is 0.973 bits per heavy atom. The van der Waals surface area contributed by atoms with Crippen molar-refractivity contribution in [2.45, 2.75) is 48.0 Å². The van der Waals surface area contributed by atoms with Gasteiger partial charge < -0.3 is 5.32 Å². The molecule has 0 amide bonds. The molecule has 1 fully saturated rings. The van der Waals surface area contributed by atoms with E-state index in [1.165, 1.54) is 6.07 Å².